The van der Waals surface area contributed by atoms with E-state index >= 15 is 0 Å². The third-order valence-electron chi connectivity index (χ3n) is 6.84. The largest absolute Gasteiger partial charge is 0.477 e. The van der Waals surface area contributed by atoms with Gasteiger partial charge in [0.15, 0.2) is 0 Å². The zero-order valence-corrected chi connectivity index (χ0v) is 16.6. The number of carbonyl (C=O) groups is 1. The van der Waals surface area contributed by atoms with Crippen LogP contribution in [0.4, 0.5) is 4.39 Å². The van der Waals surface area contributed by atoms with E-state index in [4.69, 9.17) is 4.74 Å². The first kappa shape index (κ1) is 18.6. The number of hydrogen-bond donors (Lipinski definition) is 0. The molecule has 4 fully saturated rings. The molecule has 0 aliphatic carbocycles. The fraction of sp³-hybridized carbons (Fsp3) is 0.478. The molecule has 0 radical (unpaired) electrons. The van der Waals surface area contributed by atoms with Crippen molar-refractivity contribution in [1.82, 2.24) is 14.8 Å². The Morgan fingerprint density at radius 1 is 1.17 bits per heavy atom. The fourth-order valence-electron chi connectivity index (χ4n) is 5.62. The molecule has 2 bridgehead atoms. The van der Waals surface area contributed by atoms with Crippen LogP contribution < -0.4 is 4.74 Å². The fourth-order valence-corrected chi connectivity index (χ4v) is 5.62. The molecule has 0 spiro atoms. The van der Waals surface area contributed by atoms with Gasteiger partial charge in [0.25, 0.3) is 5.91 Å². The Hall–Kier alpha value is -2.47. The molecule has 0 unspecified atom stereocenters. The zero-order chi connectivity index (χ0) is 20.0. The van der Waals surface area contributed by atoms with Crippen molar-refractivity contribution in [3.05, 3.63) is 59.5 Å². The van der Waals surface area contributed by atoms with Crippen molar-refractivity contribution in [2.45, 2.75) is 37.8 Å². The summed E-state index contributed by atoms with van der Waals surface area (Å²) in [6, 6.07) is 10.9. The molecular weight excluding hydrogens is 369 g/mol. The van der Waals surface area contributed by atoms with Crippen LogP contribution in [0.1, 0.15) is 41.6 Å². The Bertz CT molecular complexity index is 895. The van der Waals surface area contributed by atoms with Gasteiger partial charge < -0.3 is 9.64 Å². The van der Waals surface area contributed by atoms with E-state index in [2.05, 4.69) is 9.88 Å². The molecule has 0 saturated carbocycles. The van der Waals surface area contributed by atoms with Gasteiger partial charge in [-0.2, -0.15) is 0 Å². The topological polar surface area (TPSA) is 45.7 Å². The lowest BCUT2D eigenvalue weighted by atomic mass is 9.75. The number of aromatic nitrogens is 1. The van der Waals surface area contributed by atoms with Gasteiger partial charge in [0.1, 0.15) is 11.4 Å². The second-order valence-electron chi connectivity index (χ2n) is 8.26. The first-order valence-electron chi connectivity index (χ1n) is 10.6. The van der Waals surface area contributed by atoms with Gasteiger partial charge in [-0.05, 0) is 68.6 Å². The van der Waals surface area contributed by atoms with E-state index < -0.39 is 0 Å². The molecular formula is C23H26FN3O2. The van der Waals surface area contributed by atoms with E-state index in [0.29, 0.717) is 36.6 Å². The van der Waals surface area contributed by atoms with Crippen molar-refractivity contribution in [3.8, 4) is 5.88 Å². The number of piperidine rings is 3. The van der Waals surface area contributed by atoms with Crippen LogP contribution in [0, 0.1) is 11.7 Å². The molecule has 0 N–H and O–H groups in total. The van der Waals surface area contributed by atoms with Crippen LogP contribution in [0.5, 0.6) is 5.88 Å². The van der Waals surface area contributed by atoms with E-state index in [1.807, 2.05) is 30.0 Å². The summed E-state index contributed by atoms with van der Waals surface area (Å²) in [4.78, 5) is 22.5. The Morgan fingerprint density at radius 2 is 1.93 bits per heavy atom. The van der Waals surface area contributed by atoms with E-state index in [0.717, 1.165) is 31.5 Å². The molecule has 6 heteroatoms. The number of fused-ring (bicyclic) bond motifs is 2. The first-order valence-corrected chi connectivity index (χ1v) is 10.6. The number of ether oxygens (including phenoxy) is 1. The van der Waals surface area contributed by atoms with Gasteiger partial charge in [-0.25, -0.2) is 9.37 Å². The third kappa shape index (κ3) is 3.10. The maximum absolute atomic E-state index is 13.6. The highest BCUT2D eigenvalue weighted by molar-refractivity contribution is 5.97. The van der Waals surface area contributed by atoms with Crippen molar-refractivity contribution in [2.75, 3.05) is 26.2 Å². The first-order chi connectivity index (χ1) is 14.2. The van der Waals surface area contributed by atoms with Crippen LogP contribution in [0.2, 0.25) is 0 Å². The minimum Gasteiger partial charge on any atom is -0.477 e. The van der Waals surface area contributed by atoms with Crippen molar-refractivity contribution >= 4 is 5.91 Å². The SMILES string of the molecule is CCOc1ncccc1C(=O)N1C[C@@H](c2ccc(F)cc2)[C@@H]2[C@H]1C1CCN2CC1. The van der Waals surface area contributed by atoms with Gasteiger partial charge in [-0.3, -0.25) is 9.69 Å². The van der Waals surface area contributed by atoms with Gasteiger partial charge in [0, 0.05) is 24.7 Å². The minimum atomic E-state index is -0.224. The quantitative estimate of drug-likeness (QED) is 0.797. The lowest BCUT2D eigenvalue weighted by Crippen LogP contribution is -2.60. The second-order valence-corrected chi connectivity index (χ2v) is 8.26. The maximum atomic E-state index is 13.6. The van der Waals surface area contributed by atoms with Gasteiger partial charge in [-0.1, -0.05) is 12.1 Å². The van der Waals surface area contributed by atoms with Crippen molar-refractivity contribution < 1.29 is 13.9 Å². The number of halogens is 1. The van der Waals surface area contributed by atoms with E-state index in [9.17, 15) is 9.18 Å². The molecule has 1 amide bonds. The molecule has 5 heterocycles. The molecule has 152 valence electrons. The highest BCUT2D eigenvalue weighted by Gasteiger charge is 2.54. The summed E-state index contributed by atoms with van der Waals surface area (Å²) in [7, 11) is 0. The number of likely N-dealkylation sites (tertiary alicyclic amines) is 1. The molecule has 6 rings (SSSR count). The molecule has 4 aliphatic heterocycles. The Balaban J connectivity index is 1.52. The summed E-state index contributed by atoms with van der Waals surface area (Å²) < 4.78 is 19.1. The number of rotatable bonds is 4. The summed E-state index contributed by atoms with van der Waals surface area (Å²) >= 11 is 0. The normalized spacial score (nSPS) is 30.3. The second kappa shape index (κ2) is 7.41. The lowest BCUT2D eigenvalue weighted by molar-refractivity contribution is -0.00352. The summed E-state index contributed by atoms with van der Waals surface area (Å²) in [5, 5.41) is 0. The number of benzene rings is 1. The number of pyridine rings is 1. The molecule has 1 aromatic carbocycles. The smallest absolute Gasteiger partial charge is 0.259 e. The van der Waals surface area contributed by atoms with Crippen LogP contribution in [0.25, 0.3) is 0 Å². The predicted octanol–water partition coefficient (Wildman–Crippen LogP) is 3.32. The highest BCUT2D eigenvalue weighted by atomic mass is 19.1. The molecule has 4 aliphatic rings. The van der Waals surface area contributed by atoms with Crippen molar-refractivity contribution in [3.63, 3.8) is 0 Å². The summed E-state index contributed by atoms with van der Waals surface area (Å²) in [5.74, 6) is 0.892. The molecule has 29 heavy (non-hydrogen) atoms. The number of hydrogen-bond acceptors (Lipinski definition) is 4. The summed E-state index contributed by atoms with van der Waals surface area (Å²) in [5.41, 5.74) is 1.64. The Morgan fingerprint density at radius 3 is 2.66 bits per heavy atom. The van der Waals surface area contributed by atoms with Crippen LogP contribution in [-0.2, 0) is 0 Å². The van der Waals surface area contributed by atoms with Gasteiger partial charge in [-0.15, -0.1) is 0 Å². The van der Waals surface area contributed by atoms with Gasteiger partial charge >= 0.3 is 0 Å². The van der Waals surface area contributed by atoms with Crippen LogP contribution in [-0.4, -0.2) is 59.0 Å². The molecule has 2 aromatic rings. The van der Waals surface area contributed by atoms with E-state index in [1.54, 1.807) is 12.3 Å². The Labute approximate surface area is 170 Å². The van der Waals surface area contributed by atoms with Crippen molar-refractivity contribution in [1.29, 1.82) is 0 Å². The average Bonchev–Trinajstić information content (AvgIpc) is 3.18. The molecule has 5 nitrogen and oxygen atoms in total. The van der Waals surface area contributed by atoms with E-state index in [-0.39, 0.29) is 23.7 Å². The minimum absolute atomic E-state index is 0.00471. The number of nitrogens with zero attached hydrogens (tertiary/aromatic N) is 3. The predicted molar refractivity (Wildman–Crippen MR) is 107 cm³/mol. The number of amides is 1. The standard InChI is InChI=1S/C23H26FN3O2/c1-2-29-22-18(4-3-11-25-22)23(28)27-14-19(15-5-7-17(24)8-6-15)21-20(27)16-9-12-26(21)13-10-16/h3-8,11,16,19-21H,2,9-10,12-14H2,1H3/t19-,20+,21+/m0/s1. The van der Waals surface area contributed by atoms with E-state index in [1.165, 1.54) is 12.1 Å². The lowest BCUT2D eigenvalue weighted by Gasteiger charge is -2.51. The third-order valence-corrected chi connectivity index (χ3v) is 6.84. The van der Waals surface area contributed by atoms with Crippen LogP contribution in [0.15, 0.2) is 42.6 Å². The zero-order valence-electron chi connectivity index (χ0n) is 16.6. The highest BCUT2D eigenvalue weighted by Crippen LogP contribution is 2.47. The molecule has 3 atom stereocenters. The van der Waals surface area contributed by atoms with Crippen LogP contribution in [0.3, 0.4) is 0 Å². The van der Waals surface area contributed by atoms with Crippen molar-refractivity contribution in [2.24, 2.45) is 5.92 Å². The molecule has 4 saturated heterocycles. The van der Waals surface area contributed by atoms with Gasteiger partial charge in [0.05, 0.1) is 12.6 Å². The van der Waals surface area contributed by atoms with Crippen LogP contribution >= 0.6 is 0 Å². The van der Waals surface area contributed by atoms with Gasteiger partial charge in [0.2, 0.25) is 5.88 Å². The average molecular weight is 395 g/mol. The molecule has 1 aromatic heterocycles. The summed E-state index contributed by atoms with van der Waals surface area (Å²) in [6.07, 6.45) is 3.92. The number of carbonyl (C=O) groups excluding carboxylic acids is 1. The summed E-state index contributed by atoms with van der Waals surface area (Å²) in [6.45, 7) is 5.18. The Kier molecular flexibility index (Phi) is 4.74. The monoisotopic (exact) mass is 395 g/mol. The maximum Gasteiger partial charge on any atom is 0.259 e.